The number of nitrogens with zero attached hydrogens (tertiary/aromatic N) is 1. The molecule has 6 heteroatoms. The molecule has 2 aromatic carbocycles. The lowest BCUT2D eigenvalue weighted by atomic mass is 10.1. The molecule has 0 spiro atoms. The van der Waals surface area contributed by atoms with Crippen LogP contribution in [0.4, 0.5) is 16.2 Å². The number of ketones is 1. The molecule has 0 radical (unpaired) electrons. The number of nitrogens with one attached hydrogen (secondary N) is 1. The van der Waals surface area contributed by atoms with E-state index in [1.807, 2.05) is 30.3 Å². The van der Waals surface area contributed by atoms with E-state index < -0.39 is 17.7 Å². The van der Waals surface area contributed by atoms with Crippen LogP contribution in [0.3, 0.4) is 0 Å². The molecule has 0 atom stereocenters. The smallest absolute Gasteiger partial charge is 0.316 e. The number of carbonyl (C=O) groups excluding carboxylic acids is 3. The normalized spacial score (nSPS) is 13.2. The van der Waals surface area contributed by atoms with Gasteiger partial charge in [-0.15, -0.1) is 0 Å². The predicted octanol–water partition coefficient (Wildman–Crippen LogP) is 1.91. The Labute approximate surface area is 126 Å². The van der Waals surface area contributed by atoms with Crippen molar-refractivity contribution in [2.45, 2.75) is 6.54 Å². The van der Waals surface area contributed by atoms with Crippen molar-refractivity contribution in [1.29, 1.82) is 0 Å². The largest absolute Gasteiger partial charge is 0.351 e. The molecule has 0 unspecified atom stereocenters. The average molecular weight is 295 g/mol. The van der Waals surface area contributed by atoms with Gasteiger partial charge in [0.05, 0.1) is 17.8 Å². The third kappa shape index (κ3) is 2.42. The van der Waals surface area contributed by atoms with Gasteiger partial charge in [-0.3, -0.25) is 9.59 Å². The number of amides is 3. The van der Waals surface area contributed by atoms with Gasteiger partial charge >= 0.3 is 6.03 Å². The topological polar surface area (TPSA) is 92.5 Å². The van der Waals surface area contributed by atoms with Crippen LogP contribution in [0.2, 0.25) is 0 Å². The first-order valence-electron chi connectivity index (χ1n) is 6.67. The molecular weight excluding hydrogens is 282 g/mol. The van der Waals surface area contributed by atoms with E-state index in [1.165, 1.54) is 11.0 Å². The Morgan fingerprint density at radius 1 is 1.09 bits per heavy atom. The summed E-state index contributed by atoms with van der Waals surface area (Å²) in [6.07, 6.45) is 0. The first-order chi connectivity index (χ1) is 10.6. The molecule has 2 aromatic rings. The Bertz CT molecular complexity index is 771. The Morgan fingerprint density at radius 3 is 2.50 bits per heavy atom. The standard InChI is InChI=1S/C16H13N3O3/c17-16(22)18-11-6-7-13-12(8-11)14(20)15(21)19(13)9-10-4-2-1-3-5-10/h1-8H,9H2,(H3,17,18,22). The van der Waals surface area contributed by atoms with Gasteiger partial charge in [0.2, 0.25) is 0 Å². The second-order valence-corrected chi connectivity index (χ2v) is 4.93. The maximum Gasteiger partial charge on any atom is 0.316 e. The van der Waals surface area contributed by atoms with Gasteiger partial charge in [0.15, 0.2) is 0 Å². The van der Waals surface area contributed by atoms with Crippen molar-refractivity contribution in [3.63, 3.8) is 0 Å². The van der Waals surface area contributed by atoms with Crippen molar-refractivity contribution in [3.05, 3.63) is 59.7 Å². The van der Waals surface area contributed by atoms with Crippen LogP contribution >= 0.6 is 0 Å². The van der Waals surface area contributed by atoms with Gasteiger partial charge < -0.3 is 16.0 Å². The van der Waals surface area contributed by atoms with E-state index in [0.29, 0.717) is 17.9 Å². The van der Waals surface area contributed by atoms with Crippen LogP contribution in [-0.4, -0.2) is 17.7 Å². The molecule has 1 aliphatic rings. The van der Waals surface area contributed by atoms with Gasteiger partial charge in [-0.25, -0.2) is 4.79 Å². The zero-order valence-electron chi connectivity index (χ0n) is 11.6. The van der Waals surface area contributed by atoms with Gasteiger partial charge in [0.25, 0.3) is 11.7 Å². The molecule has 3 rings (SSSR count). The number of primary amides is 1. The minimum Gasteiger partial charge on any atom is -0.351 e. The lowest BCUT2D eigenvalue weighted by Crippen LogP contribution is -2.29. The minimum absolute atomic E-state index is 0.271. The van der Waals surface area contributed by atoms with Gasteiger partial charge in [0.1, 0.15) is 0 Å². The van der Waals surface area contributed by atoms with Crippen LogP contribution in [0.25, 0.3) is 0 Å². The summed E-state index contributed by atoms with van der Waals surface area (Å²) in [5, 5.41) is 2.39. The SMILES string of the molecule is NC(=O)Nc1ccc2c(c1)C(=O)C(=O)N2Cc1ccccc1. The molecule has 0 saturated heterocycles. The molecule has 0 fully saturated rings. The van der Waals surface area contributed by atoms with E-state index in [-0.39, 0.29) is 5.56 Å². The van der Waals surface area contributed by atoms with Crippen molar-refractivity contribution in [3.8, 4) is 0 Å². The minimum atomic E-state index is -0.724. The van der Waals surface area contributed by atoms with Crippen LogP contribution < -0.4 is 16.0 Å². The molecule has 0 aliphatic carbocycles. The van der Waals surface area contributed by atoms with E-state index in [1.54, 1.807) is 12.1 Å². The summed E-state index contributed by atoms with van der Waals surface area (Å²) in [6, 6.07) is 13.4. The van der Waals surface area contributed by atoms with Crippen LogP contribution in [0.1, 0.15) is 15.9 Å². The van der Waals surface area contributed by atoms with Crippen molar-refractivity contribution < 1.29 is 14.4 Å². The first-order valence-corrected chi connectivity index (χ1v) is 6.67. The van der Waals surface area contributed by atoms with Crippen molar-refractivity contribution in [2.75, 3.05) is 10.2 Å². The summed E-state index contributed by atoms with van der Waals surface area (Å²) in [6.45, 7) is 0.320. The third-order valence-electron chi connectivity index (χ3n) is 3.42. The monoisotopic (exact) mass is 295 g/mol. The van der Waals surface area contributed by atoms with Crippen LogP contribution in [0.5, 0.6) is 0 Å². The van der Waals surface area contributed by atoms with Crippen LogP contribution in [0, 0.1) is 0 Å². The highest BCUT2D eigenvalue weighted by molar-refractivity contribution is 6.52. The molecule has 0 aromatic heterocycles. The number of rotatable bonds is 3. The van der Waals surface area contributed by atoms with Gasteiger partial charge in [-0.1, -0.05) is 30.3 Å². The number of urea groups is 1. The zero-order chi connectivity index (χ0) is 15.7. The predicted molar refractivity (Wildman–Crippen MR) is 81.6 cm³/mol. The summed E-state index contributed by atoms with van der Waals surface area (Å²) in [4.78, 5) is 36.6. The lowest BCUT2D eigenvalue weighted by molar-refractivity contribution is -0.114. The van der Waals surface area contributed by atoms with Crippen molar-refractivity contribution in [2.24, 2.45) is 5.73 Å². The maximum absolute atomic E-state index is 12.2. The maximum atomic E-state index is 12.2. The van der Waals surface area contributed by atoms with Crippen LogP contribution in [0.15, 0.2) is 48.5 Å². The van der Waals surface area contributed by atoms with E-state index >= 15 is 0 Å². The summed E-state index contributed by atoms with van der Waals surface area (Å²) >= 11 is 0. The second kappa shape index (κ2) is 5.33. The van der Waals surface area contributed by atoms with Gasteiger partial charge in [-0.05, 0) is 23.8 Å². The number of hydrogen-bond acceptors (Lipinski definition) is 3. The molecule has 110 valence electrons. The van der Waals surface area contributed by atoms with Crippen LogP contribution in [-0.2, 0) is 11.3 Å². The highest BCUT2D eigenvalue weighted by Crippen LogP contribution is 2.32. The van der Waals surface area contributed by atoms with Gasteiger partial charge in [-0.2, -0.15) is 0 Å². The summed E-state index contributed by atoms with van der Waals surface area (Å²) in [5.74, 6) is -1.16. The van der Waals surface area contributed by atoms with E-state index in [9.17, 15) is 14.4 Å². The highest BCUT2D eigenvalue weighted by Gasteiger charge is 2.35. The molecule has 3 N–H and O–H groups in total. The first kappa shape index (κ1) is 13.8. The molecule has 22 heavy (non-hydrogen) atoms. The third-order valence-corrected chi connectivity index (χ3v) is 3.42. The average Bonchev–Trinajstić information content (AvgIpc) is 2.73. The Kier molecular flexibility index (Phi) is 3.34. The Morgan fingerprint density at radius 2 is 1.82 bits per heavy atom. The molecule has 6 nitrogen and oxygen atoms in total. The number of fused-ring (bicyclic) bond motifs is 1. The van der Waals surface area contributed by atoms with Gasteiger partial charge in [0, 0.05) is 5.69 Å². The van der Waals surface area contributed by atoms with E-state index in [0.717, 1.165) is 5.56 Å². The molecule has 0 saturated carbocycles. The second-order valence-electron chi connectivity index (χ2n) is 4.93. The number of nitrogens with two attached hydrogens (primary N) is 1. The number of hydrogen-bond donors (Lipinski definition) is 2. The van der Waals surface area contributed by atoms with Crippen molar-refractivity contribution in [1.82, 2.24) is 0 Å². The molecule has 1 aliphatic heterocycles. The molecule has 0 bridgehead atoms. The number of anilines is 2. The molecule has 3 amide bonds. The number of Topliss-reactive ketones (excluding diaryl/α,β-unsaturated/α-hetero) is 1. The number of carbonyl (C=O) groups is 3. The van der Waals surface area contributed by atoms with E-state index in [2.05, 4.69) is 5.32 Å². The quantitative estimate of drug-likeness (QED) is 0.847. The van der Waals surface area contributed by atoms with Crippen molar-refractivity contribution >= 4 is 29.1 Å². The summed E-state index contributed by atoms with van der Waals surface area (Å²) in [5.41, 5.74) is 7.17. The fourth-order valence-electron chi connectivity index (χ4n) is 2.44. The summed E-state index contributed by atoms with van der Waals surface area (Å²) in [7, 11) is 0. The Balaban J connectivity index is 1.94. The fourth-order valence-corrected chi connectivity index (χ4v) is 2.44. The Hall–Kier alpha value is -3.15. The fraction of sp³-hybridized carbons (Fsp3) is 0.0625. The molecular formula is C16H13N3O3. The summed E-state index contributed by atoms with van der Waals surface area (Å²) < 4.78 is 0. The number of benzene rings is 2. The molecule has 1 heterocycles. The highest BCUT2D eigenvalue weighted by atomic mass is 16.2. The van der Waals surface area contributed by atoms with E-state index in [4.69, 9.17) is 5.73 Å². The zero-order valence-corrected chi connectivity index (χ0v) is 11.6. The lowest BCUT2D eigenvalue weighted by Gasteiger charge is -2.16.